The van der Waals surface area contributed by atoms with Crippen molar-refractivity contribution in [3.63, 3.8) is 0 Å². The molecule has 0 atom stereocenters. The van der Waals surface area contributed by atoms with Crippen molar-refractivity contribution >= 4 is 23.4 Å². The summed E-state index contributed by atoms with van der Waals surface area (Å²) in [4.78, 5) is 24.4. The zero-order valence-corrected chi connectivity index (χ0v) is 17.7. The van der Waals surface area contributed by atoms with Crippen LogP contribution in [0.3, 0.4) is 0 Å². The molecular formula is C22H27ClN2O4. The summed E-state index contributed by atoms with van der Waals surface area (Å²) in [6.45, 7) is 5.32. The smallest absolute Gasteiger partial charge is 0.251 e. The summed E-state index contributed by atoms with van der Waals surface area (Å²) in [5, 5.41) is 5.83. The molecular weight excluding hydrogens is 392 g/mol. The Bertz CT molecular complexity index is 825. The monoisotopic (exact) mass is 418 g/mol. The van der Waals surface area contributed by atoms with Gasteiger partial charge in [-0.1, -0.05) is 43.6 Å². The van der Waals surface area contributed by atoms with Gasteiger partial charge in [-0.15, -0.1) is 0 Å². The van der Waals surface area contributed by atoms with Gasteiger partial charge < -0.3 is 20.1 Å². The maximum absolute atomic E-state index is 12.4. The predicted molar refractivity (Wildman–Crippen MR) is 114 cm³/mol. The molecule has 156 valence electrons. The fourth-order valence-corrected chi connectivity index (χ4v) is 2.80. The molecule has 2 N–H and O–H groups in total. The Morgan fingerprint density at radius 3 is 2.21 bits per heavy atom. The molecule has 0 aliphatic heterocycles. The van der Waals surface area contributed by atoms with Crippen molar-refractivity contribution in [2.45, 2.75) is 20.3 Å². The van der Waals surface area contributed by atoms with E-state index in [9.17, 15) is 9.59 Å². The van der Waals surface area contributed by atoms with Gasteiger partial charge in [0.2, 0.25) is 0 Å². The van der Waals surface area contributed by atoms with Crippen LogP contribution in [0.25, 0.3) is 0 Å². The number of rotatable bonds is 10. The quantitative estimate of drug-likeness (QED) is 0.573. The van der Waals surface area contributed by atoms with E-state index in [0.717, 1.165) is 6.42 Å². The predicted octanol–water partition coefficient (Wildman–Crippen LogP) is 3.93. The summed E-state index contributed by atoms with van der Waals surface area (Å²) < 4.78 is 11.1. The van der Waals surface area contributed by atoms with Gasteiger partial charge in [0.15, 0.2) is 11.5 Å². The van der Waals surface area contributed by atoms with Gasteiger partial charge in [0.25, 0.3) is 11.8 Å². The Labute approximate surface area is 176 Å². The average Bonchev–Trinajstić information content (AvgIpc) is 2.72. The van der Waals surface area contributed by atoms with Crippen LogP contribution in [0.2, 0.25) is 5.02 Å². The van der Waals surface area contributed by atoms with Crippen LogP contribution in [0, 0.1) is 5.92 Å². The third kappa shape index (κ3) is 6.98. The van der Waals surface area contributed by atoms with Gasteiger partial charge in [0, 0.05) is 24.2 Å². The number of carbonyl (C=O) groups is 2. The highest BCUT2D eigenvalue weighted by Crippen LogP contribution is 2.36. The summed E-state index contributed by atoms with van der Waals surface area (Å²) in [5.74, 6) is 0.845. The van der Waals surface area contributed by atoms with Crippen molar-refractivity contribution in [1.82, 2.24) is 10.6 Å². The van der Waals surface area contributed by atoms with Crippen LogP contribution < -0.4 is 20.1 Å². The van der Waals surface area contributed by atoms with Crippen LogP contribution in [-0.4, -0.2) is 38.6 Å². The molecule has 29 heavy (non-hydrogen) atoms. The highest BCUT2D eigenvalue weighted by atomic mass is 35.5. The van der Waals surface area contributed by atoms with E-state index in [1.54, 1.807) is 36.4 Å². The molecule has 7 heteroatoms. The van der Waals surface area contributed by atoms with E-state index >= 15 is 0 Å². The lowest BCUT2D eigenvalue weighted by Gasteiger charge is -2.15. The number of carbonyl (C=O) groups excluding carboxylic acids is 2. The van der Waals surface area contributed by atoms with Gasteiger partial charge in [-0.3, -0.25) is 9.59 Å². The number of halogens is 1. The minimum absolute atomic E-state index is 0.188. The molecule has 0 heterocycles. The Morgan fingerprint density at radius 1 is 1.00 bits per heavy atom. The second kappa shape index (κ2) is 11.3. The van der Waals surface area contributed by atoms with E-state index in [1.807, 2.05) is 6.07 Å². The number of benzene rings is 2. The number of hydrogen-bond donors (Lipinski definition) is 2. The second-order valence-corrected chi connectivity index (χ2v) is 7.31. The van der Waals surface area contributed by atoms with E-state index in [2.05, 4.69) is 24.5 Å². The van der Waals surface area contributed by atoms with Crippen molar-refractivity contribution in [3.05, 3.63) is 58.6 Å². The van der Waals surface area contributed by atoms with Gasteiger partial charge in [-0.2, -0.15) is 0 Å². The number of nitrogens with one attached hydrogen (secondary N) is 2. The van der Waals surface area contributed by atoms with E-state index in [0.29, 0.717) is 46.7 Å². The highest BCUT2D eigenvalue weighted by molar-refractivity contribution is 6.32. The fraction of sp³-hybridized carbons (Fsp3) is 0.364. The molecule has 6 nitrogen and oxygen atoms in total. The third-order valence-electron chi connectivity index (χ3n) is 4.17. The fourth-order valence-electron chi connectivity index (χ4n) is 2.53. The Balaban J connectivity index is 1.89. The first-order valence-corrected chi connectivity index (χ1v) is 9.92. The molecule has 0 saturated heterocycles. The van der Waals surface area contributed by atoms with Crippen LogP contribution in [0.15, 0.2) is 42.5 Å². The van der Waals surface area contributed by atoms with Gasteiger partial charge in [-0.25, -0.2) is 0 Å². The van der Waals surface area contributed by atoms with Crippen molar-refractivity contribution in [1.29, 1.82) is 0 Å². The largest absolute Gasteiger partial charge is 0.493 e. The minimum Gasteiger partial charge on any atom is -0.493 e. The molecule has 0 bridgehead atoms. The maximum Gasteiger partial charge on any atom is 0.251 e. The molecule has 0 aliphatic rings. The van der Waals surface area contributed by atoms with Crippen LogP contribution in [0.5, 0.6) is 11.5 Å². The molecule has 0 aromatic heterocycles. The summed E-state index contributed by atoms with van der Waals surface area (Å²) in [6.07, 6.45) is 0.885. The molecule has 0 saturated carbocycles. The lowest BCUT2D eigenvalue weighted by molar-refractivity contribution is 0.0927. The summed E-state index contributed by atoms with van der Waals surface area (Å²) in [5.41, 5.74) is 0.931. The van der Waals surface area contributed by atoms with E-state index in [1.165, 1.54) is 7.11 Å². The first kappa shape index (κ1) is 22.6. The first-order chi connectivity index (χ1) is 13.9. The van der Waals surface area contributed by atoms with Gasteiger partial charge in [-0.05, 0) is 36.6 Å². The molecule has 2 aromatic rings. The zero-order valence-electron chi connectivity index (χ0n) is 17.0. The van der Waals surface area contributed by atoms with Crippen molar-refractivity contribution in [2.75, 3.05) is 26.8 Å². The Morgan fingerprint density at radius 2 is 1.62 bits per heavy atom. The molecule has 2 rings (SSSR count). The molecule has 2 aromatic carbocycles. The standard InChI is InChI=1S/C22H27ClN2O4/c1-15(2)9-12-29-20-18(23)13-17(14-19(20)28-3)22(27)25-11-10-24-21(26)16-7-5-4-6-8-16/h4-8,13-15H,9-12H2,1-3H3,(H,24,26)(H,25,27). The van der Waals surface area contributed by atoms with Crippen LogP contribution in [0.1, 0.15) is 41.0 Å². The van der Waals surface area contributed by atoms with Gasteiger partial charge >= 0.3 is 0 Å². The van der Waals surface area contributed by atoms with Gasteiger partial charge in [0.05, 0.1) is 18.7 Å². The summed E-state index contributed by atoms with van der Waals surface area (Å²) >= 11 is 6.30. The Kier molecular flexibility index (Phi) is 8.80. The van der Waals surface area contributed by atoms with Crippen LogP contribution >= 0.6 is 11.6 Å². The zero-order chi connectivity index (χ0) is 21.2. The number of hydrogen-bond acceptors (Lipinski definition) is 4. The molecule has 0 fully saturated rings. The third-order valence-corrected chi connectivity index (χ3v) is 4.45. The second-order valence-electron chi connectivity index (χ2n) is 6.90. The summed E-state index contributed by atoms with van der Waals surface area (Å²) in [6, 6.07) is 12.0. The Hall–Kier alpha value is -2.73. The van der Waals surface area contributed by atoms with Crippen molar-refractivity contribution in [3.8, 4) is 11.5 Å². The van der Waals surface area contributed by atoms with E-state index in [-0.39, 0.29) is 18.4 Å². The number of methoxy groups -OCH3 is 1. The number of ether oxygens (including phenoxy) is 2. The van der Waals surface area contributed by atoms with Crippen LogP contribution in [-0.2, 0) is 0 Å². The highest BCUT2D eigenvalue weighted by Gasteiger charge is 2.16. The first-order valence-electron chi connectivity index (χ1n) is 9.54. The SMILES string of the molecule is COc1cc(C(=O)NCCNC(=O)c2ccccc2)cc(Cl)c1OCCC(C)C. The lowest BCUT2D eigenvalue weighted by atomic mass is 10.1. The minimum atomic E-state index is -0.312. The number of amides is 2. The summed E-state index contributed by atoms with van der Waals surface area (Å²) in [7, 11) is 1.50. The lowest BCUT2D eigenvalue weighted by Crippen LogP contribution is -2.34. The topological polar surface area (TPSA) is 76.7 Å². The molecule has 0 spiro atoms. The maximum atomic E-state index is 12.4. The van der Waals surface area contributed by atoms with Crippen LogP contribution in [0.4, 0.5) is 0 Å². The molecule has 0 unspecified atom stereocenters. The van der Waals surface area contributed by atoms with Gasteiger partial charge in [0.1, 0.15) is 0 Å². The van der Waals surface area contributed by atoms with E-state index < -0.39 is 0 Å². The normalized spacial score (nSPS) is 10.5. The van der Waals surface area contributed by atoms with Crippen molar-refractivity contribution < 1.29 is 19.1 Å². The molecule has 0 radical (unpaired) electrons. The van der Waals surface area contributed by atoms with Crippen molar-refractivity contribution in [2.24, 2.45) is 5.92 Å². The average molecular weight is 419 g/mol. The molecule has 0 aliphatic carbocycles. The van der Waals surface area contributed by atoms with E-state index in [4.69, 9.17) is 21.1 Å². The molecule has 2 amide bonds.